The molecule has 2 aliphatic rings. The van der Waals surface area contributed by atoms with E-state index in [0.29, 0.717) is 43.9 Å². The average Bonchev–Trinajstić information content (AvgIpc) is 3.31. The fourth-order valence-electron chi connectivity index (χ4n) is 5.81. The fraction of sp³-hybridized carbons (Fsp3) is 0.400. The molecule has 4 heterocycles. The molecule has 0 spiro atoms. The van der Waals surface area contributed by atoms with Crippen molar-refractivity contribution in [3.63, 3.8) is 0 Å². The Balaban J connectivity index is 1.44. The Morgan fingerprint density at radius 1 is 1.05 bits per heavy atom. The van der Waals surface area contributed by atoms with Crippen molar-refractivity contribution in [2.24, 2.45) is 5.92 Å². The third-order valence-electron chi connectivity index (χ3n) is 7.98. The van der Waals surface area contributed by atoms with Crippen LogP contribution in [-0.4, -0.2) is 60.6 Å². The van der Waals surface area contributed by atoms with Crippen molar-refractivity contribution in [1.29, 1.82) is 0 Å². The van der Waals surface area contributed by atoms with Gasteiger partial charge in [0.1, 0.15) is 21.4 Å². The normalized spacial score (nSPS) is 19.6. The molecular weight excluding hydrogens is 528 g/mol. The van der Waals surface area contributed by atoms with Crippen LogP contribution in [0.4, 0.5) is 5.82 Å². The van der Waals surface area contributed by atoms with Crippen LogP contribution in [0.15, 0.2) is 53.1 Å². The summed E-state index contributed by atoms with van der Waals surface area (Å²) in [5.41, 5.74) is 4.46. The number of nitrogens with zero attached hydrogens (tertiary/aromatic N) is 4. The summed E-state index contributed by atoms with van der Waals surface area (Å²) in [7, 11) is -3.00. The van der Waals surface area contributed by atoms with Crippen LogP contribution in [0.2, 0.25) is 0 Å². The van der Waals surface area contributed by atoms with Gasteiger partial charge in [0.15, 0.2) is 11.6 Å². The fourth-order valence-corrected chi connectivity index (χ4v) is 7.40. The van der Waals surface area contributed by atoms with Gasteiger partial charge in [-0.3, -0.25) is 4.79 Å². The zero-order valence-electron chi connectivity index (χ0n) is 22.7. The molecule has 2 aliphatic heterocycles. The number of fused-ring (bicyclic) bond motifs is 1. The van der Waals surface area contributed by atoms with Gasteiger partial charge in [0.2, 0.25) is 0 Å². The van der Waals surface area contributed by atoms with Crippen molar-refractivity contribution in [2.45, 2.75) is 39.2 Å². The molecule has 10 heteroatoms. The number of anilines is 1. The topological polar surface area (TPSA) is 115 Å². The number of carbonyl (C=O) groups excluding carboxylic acids is 1. The lowest BCUT2D eigenvalue weighted by Gasteiger charge is -2.37. The Bertz CT molecular complexity index is 1630. The number of hydrogen-bond acceptors (Lipinski definition) is 9. The highest BCUT2D eigenvalue weighted by Crippen LogP contribution is 2.37. The lowest BCUT2D eigenvalue weighted by Crippen LogP contribution is -2.40. The molecular formula is C30H32N4O5S. The van der Waals surface area contributed by atoms with Gasteiger partial charge in [-0.15, -0.1) is 0 Å². The van der Waals surface area contributed by atoms with E-state index in [9.17, 15) is 13.2 Å². The quantitative estimate of drug-likeness (QED) is 0.304. The number of ether oxygens (including phenoxy) is 1. The Hall–Kier alpha value is -3.63. The van der Waals surface area contributed by atoms with Crippen molar-refractivity contribution in [2.75, 3.05) is 36.2 Å². The maximum Gasteiger partial charge on any atom is 0.200 e. The largest absolute Gasteiger partial charge is 0.377 e. The summed E-state index contributed by atoms with van der Waals surface area (Å²) in [6, 6.07) is 16.0. The van der Waals surface area contributed by atoms with Crippen LogP contribution in [0.5, 0.6) is 0 Å². The van der Waals surface area contributed by atoms with E-state index in [2.05, 4.69) is 28.3 Å². The molecule has 40 heavy (non-hydrogen) atoms. The zero-order valence-corrected chi connectivity index (χ0v) is 23.5. The van der Waals surface area contributed by atoms with Gasteiger partial charge in [-0.25, -0.2) is 18.4 Å². The average molecular weight is 561 g/mol. The van der Waals surface area contributed by atoms with E-state index in [1.54, 1.807) is 0 Å². The Morgan fingerprint density at radius 3 is 2.55 bits per heavy atom. The summed E-state index contributed by atoms with van der Waals surface area (Å²) in [6.45, 7) is 5.45. The summed E-state index contributed by atoms with van der Waals surface area (Å²) < 4.78 is 35.1. The first-order valence-electron chi connectivity index (χ1n) is 13.7. The first-order valence-corrected chi connectivity index (χ1v) is 15.5. The second kappa shape index (κ2) is 10.7. The number of aromatic nitrogens is 3. The third kappa shape index (κ3) is 5.25. The highest BCUT2D eigenvalue weighted by atomic mass is 32.2. The molecule has 0 saturated carbocycles. The molecule has 0 bridgehead atoms. The smallest absolute Gasteiger partial charge is 0.200 e. The number of carbonyl (C=O) groups is 1. The summed E-state index contributed by atoms with van der Waals surface area (Å²) in [5, 5.41) is 4.96. The minimum absolute atomic E-state index is 0.0149. The molecule has 2 aromatic heterocycles. The lowest BCUT2D eigenvalue weighted by atomic mass is 9.96. The maximum atomic E-state index is 13.5. The van der Waals surface area contributed by atoms with Gasteiger partial charge in [-0.2, -0.15) is 0 Å². The van der Waals surface area contributed by atoms with E-state index < -0.39 is 9.84 Å². The van der Waals surface area contributed by atoms with Crippen LogP contribution < -0.4 is 4.90 Å². The van der Waals surface area contributed by atoms with E-state index in [-0.39, 0.29) is 41.5 Å². The van der Waals surface area contributed by atoms with Gasteiger partial charge in [0.25, 0.3) is 0 Å². The van der Waals surface area contributed by atoms with Crippen molar-refractivity contribution in [1.82, 2.24) is 15.1 Å². The highest BCUT2D eigenvalue weighted by Gasteiger charge is 2.30. The number of sulfone groups is 1. The summed E-state index contributed by atoms with van der Waals surface area (Å²) in [5.74, 6) is 1.70. The summed E-state index contributed by atoms with van der Waals surface area (Å²) >= 11 is 0. The van der Waals surface area contributed by atoms with E-state index in [4.69, 9.17) is 19.2 Å². The molecule has 2 fully saturated rings. The van der Waals surface area contributed by atoms with E-state index in [0.717, 1.165) is 33.5 Å². The van der Waals surface area contributed by atoms with Crippen LogP contribution in [0.3, 0.4) is 0 Å². The number of Topliss-reactive ketones (excluding diaryl/α,β-unsaturated/α-hetero) is 1. The van der Waals surface area contributed by atoms with Crippen molar-refractivity contribution < 1.29 is 22.5 Å². The Kier molecular flexibility index (Phi) is 7.14. The van der Waals surface area contributed by atoms with Gasteiger partial charge in [-0.05, 0) is 55.9 Å². The number of ketones is 1. The highest BCUT2D eigenvalue weighted by molar-refractivity contribution is 7.91. The maximum absolute atomic E-state index is 13.5. The molecule has 6 rings (SSSR count). The predicted octanol–water partition coefficient (Wildman–Crippen LogP) is 4.88. The van der Waals surface area contributed by atoms with Gasteiger partial charge >= 0.3 is 0 Å². The second-order valence-electron chi connectivity index (χ2n) is 10.7. The van der Waals surface area contributed by atoms with Crippen molar-refractivity contribution in [3.05, 3.63) is 71.4 Å². The van der Waals surface area contributed by atoms with Crippen LogP contribution in [0.25, 0.3) is 22.0 Å². The molecule has 0 N–H and O–H groups in total. The number of hydrogen-bond donors (Lipinski definition) is 0. The first-order chi connectivity index (χ1) is 19.3. The molecule has 0 amide bonds. The standard InChI is InChI=1S/C30H32N4O5S/c1-19-28(20(2)39-33-19)23-8-9-25-24(17-23)30(34-12-13-38-18-26(34)22-6-4-3-5-7-22)32-29(31-25)27(35)16-21-10-14-40(36,37)15-11-21/h3-9,17,21,26H,10-16,18H2,1-2H3/t26-/m1/s1. The number of rotatable bonds is 6. The summed E-state index contributed by atoms with van der Waals surface area (Å²) in [4.78, 5) is 25.3. The van der Waals surface area contributed by atoms with Gasteiger partial charge in [0, 0.05) is 23.9 Å². The van der Waals surface area contributed by atoms with Crippen LogP contribution in [0.1, 0.15) is 52.9 Å². The number of aryl methyl sites for hydroxylation is 2. The van der Waals surface area contributed by atoms with Crippen LogP contribution in [0, 0.1) is 19.8 Å². The molecule has 0 aliphatic carbocycles. The molecule has 1 atom stereocenters. The van der Waals surface area contributed by atoms with Gasteiger partial charge < -0.3 is 14.2 Å². The molecule has 0 unspecified atom stereocenters. The first kappa shape index (κ1) is 26.6. The lowest BCUT2D eigenvalue weighted by molar-refractivity contribution is 0.0933. The molecule has 2 aromatic carbocycles. The van der Waals surface area contributed by atoms with Crippen molar-refractivity contribution in [3.8, 4) is 11.1 Å². The minimum Gasteiger partial charge on any atom is -0.377 e. The number of morpholine rings is 1. The molecule has 2 saturated heterocycles. The molecule has 0 radical (unpaired) electrons. The zero-order chi connectivity index (χ0) is 27.9. The predicted molar refractivity (Wildman–Crippen MR) is 152 cm³/mol. The van der Waals surface area contributed by atoms with Gasteiger partial charge in [-0.1, -0.05) is 41.6 Å². The van der Waals surface area contributed by atoms with E-state index in [1.807, 2.05) is 44.2 Å². The molecule has 9 nitrogen and oxygen atoms in total. The van der Waals surface area contributed by atoms with Crippen LogP contribution in [-0.2, 0) is 14.6 Å². The second-order valence-corrected chi connectivity index (χ2v) is 13.0. The number of benzene rings is 2. The van der Waals surface area contributed by atoms with E-state index >= 15 is 0 Å². The summed E-state index contributed by atoms with van der Waals surface area (Å²) in [6.07, 6.45) is 1.23. The third-order valence-corrected chi connectivity index (χ3v) is 9.70. The molecule has 4 aromatic rings. The minimum atomic E-state index is -3.00. The van der Waals surface area contributed by atoms with Crippen molar-refractivity contribution >= 4 is 32.3 Å². The van der Waals surface area contributed by atoms with Gasteiger partial charge in [0.05, 0.1) is 42.0 Å². The Morgan fingerprint density at radius 2 is 1.82 bits per heavy atom. The SMILES string of the molecule is Cc1noc(C)c1-c1ccc2nc(C(=O)CC3CCS(=O)(=O)CC3)nc(N3CCOC[C@@H]3c3ccccc3)c2c1. The molecule has 208 valence electrons. The monoisotopic (exact) mass is 560 g/mol. The Labute approximate surface area is 233 Å². The van der Waals surface area contributed by atoms with E-state index in [1.165, 1.54) is 0 Å². The van der Waals surface area contributed by atoms with Crippen LogP contribution >= 0.6 is 0 Å².